The molecule has 1 heterocycles. The van der Waals surface area contributed by atoms with Gasteiger partial charge in [-0.05, 0) is 59.7 Å². The Hall–Kier alpha value is -2.80. The number of amides is 1. The van der Waals surface area contributed by atoms with Crippen molar-refractivity contribution in [2.75, 3.05) is 5.32 Å². The molecule has 0 atom stereocenters. The summed E-state index contributed by atoms with van der Waals surface area (Å²) in [5.74, 6) is 0.969. The average molecular weight is 531 g/mol. The zero-order chi connectivity index (χ0) is 22.5. The van der Waals surface area contributed by atoms with Crippen molar-refractivity contribution in [3.63, 3.8) is 0 Å². The van der Waals surface area contributed by atoms with Crippen LogP contribution < -0.4 is 10.1 Å². The summed E-state index contributed by atoms with van der Waals surface area (Å²) in [4.78, 5) is 12.7. The number of anilines is 1. The van der Waals surface area contributed by atoms with Gasteiger partial charge in [0.25, 0.3) is 5.91 Å². The zero-order valence-electron chi connectivity index (χ0n) is 16.8. The number of nitrogens with one attached hydrogen (secondary N) is 1. The van der Waals surface area contributed by atoms with Crippen LogP contribution in [0.15, 0.2) is 83.5 Å². The fourth-order valence-electron chi connectivity index (χ4n) is 3.03. The summed E-state index contributed by atoms with van der Waals surface area (Å²) >= 11 is 15.6. The highest BCUT2D eigenvalue weighted by Crippen LogP contribution is 2.22. The molecule has 0 fully saturated rings. The number of benzene rings is 3. The molecule has 0 saturated heterocycles. The molecule has 0 radical (unpaired) electrons. The van der Waals surface area contributed by atoms with Crippen molar-refractivity contribution in [2.24, 2.45) is 0 Å². The first-order valence-corrected chi connectivity index (χ1v) is 11.3. The van der Waals surface area contributed by atoms with E-state index in [1.807, 2.05) is 42.5 Å². The van der Waals surface area contributed by atoms with Crippen LogP contribution in [0.3, 0.4) is 0 Å². The first-order valence-electron chi connectivity index (χ1n) is 9.72. The molecule has 32 heavy (non-hydrogen) atoms. The van der Waals surface area contributed by atoms with Gasteiger partial charge in [0.2, 0.25) is 0 Å². The predicted octanol–water partition coefficient (Wildman–Crippen LogP) is 6.83. The molecule has 0 unspecified atom stereocenters. The Morgan fingerprint density at radius 3 is 2.62 bits per heavy atom. The maximum absolute atomic E-state index is 12.7. The molecule has 0 aliphatic rings. The van der Waals surface area contributed by atoms with Crippen LogP contribution in [0.1, 0.15) is 21.5 Å². The Morgan fingerprint density at radius 2 is 1.84 bits per heavy atom. The van der Waals surface area contributed by atoms with Crippen LogP contribution >= 0.6 is 39.1 Å². The zero-order valence-corrected chi connectivity index (χ0v) is 19.9. The van der Waals surface area contributed by atoms with Gasteiger partial charge in [0.15, 0.2) is 5.82 Å². The van der Waals surface area contributed by atoms with Crippen LogP contribution in [0.2, 0.25) is 10.0 Å². The van der Waals surface area contributed by atoms with Crippen molar-refractivity contribution in [3.8, 4) is 5.75 Å². The van der Waals surface area contributed by atoms with Crippen LogP contribution in [-0.4, -0.2) is 15.7 Å². The summed E-state index contributed by atoms with van der Waals surface area (Å²) in [5, 5.41) is 8.38. The largest absolute Gasteiger partial charge is 0.489 e. The molecule has 4 rings (SSSR count). The maximum atomic E-state index is 12.7. The van der Waals surface area contributed by atoms with E-state index >= 15 is 0 Å². The van der Waals surface area contributed by atoms with Gasteiger partial charge in [-0.25, -0.2) is 0 Å². The minimum absolute atomic E-state index is 0.245. The molecule has 0 bridgehead atoms. The van der Waals surface area contributed by atoms with Crippen LogP contribution in [-0.2, 0) is 13.2 Å². The minimum atomic E-state index is -0.245. The summed E-state index contributed by atoms with van der Waals surface area (Å²) in [7, 11) is 0. The molecule has 0 saturated carbocycles. The molecular formula is C24H18BrCl2N3O2. The van der Waals surface area contributed by atoms with Gasteiger partial charge in [0, 0.05) is 32.3 Å². The minimum Gasteiger partial charge on any atom is -0.489 e. The van der Waals surface area contributed by atoms with E-state index < -0.39 is 0 Å². The standard InChI is InChI=1S/C24H18BrCl2N3O2/c25-19-5-8-21(9-6-19)32-15-16-2-1-3-17(12-16)24(31)28-23-10-11-30(29-23)14-18-4-7-20(26)13-22(18)27/h1-13H,14-15H2,(H,28,29,31). The fraction of sp³-hybridized carbons (Fsp3) is 0.0833. The fourth-order valence-corrected chi connectivity index (χ4v) is 3.76. The second-order valence-corrected chi connectivity index (χ2v) is 8.79. The Kier molecular flexibility index (Phi) is 7.15. The Labute approximate surface area is 204 Å². The molecule has 1 amide bonds. The highest BCUT2D eigenvalue weighted by molar-refractivity contribution is 9.10. The van der Waals surface area contributed by atoms with Crippen molar-refractivity contribution in [1.82, 2.24) is 9.78 Å². The molecule has 1 aromatic heterocycles. The van der Waals surface area contributed by atoms with Crippen LogP contribution in [0.25, 0.3) is 0 Å². The maximum Gasteiger partial charge on any atom is 0.256 e. The quantitative estimate of drug-likeness (QED) is 0.285. The molecule has 162 valence electrons. The highest BCUT2D eigenvalue weighted by atomic mass is 79.9. The van der Waals surface area contributed by atoms with Gasteiger partial charge in [0.1, 0.15) is 12.4 Å². The van der Waals surface area contributed by atoms with E-state index in [9.17, 15) is 4.79 Å². The summed E-state index contributed by atoms with van der Waals surface area (Å²) in [6.45, 7) is 0.827. The number of aromatic nitrogens is 2. The van der Waals surface area contributed by atoms with Gasteiger partial charge in [-0.2, -0.15) is 5.10 Å². The number of nitrogens with zero attached hydrogens (tertiary/aromatic N) is 2. The molecule has 1 N–H and O–H groups in total. The van der Waals surface area contributed by atoms with Gasteiger partial charge >= 0.3 is 0 Å². The second-order valence-electron chi connectivity index (χ2n) is 7.03. The van der Waals surface area contributed by atoms with E-state index in [1.165, 1.54) is 0 Å². The van der Waals surface area contributed by atoms with Crippen molar-refractivity contribution in [2.45, 2.75) is 13.2 Å². The van der Waals surface area contributed by atoms with Crippen LogP contribution in [0.5, 0.6) is 5.75 Å². The average Bonchev–Trinajstić information content (AvgIpc) is 3.22. The van der Waals surface area contributed by atoms with Crippen molar-refractivity contribution < 1.29 is 9.53 Å². The first-order chi connectivity index (χ1) is 15.5. The SMILES string of the molecule is O=C(Nc1ccn(Cc2ccc(Cl)cc2Cl)n1)c1cccc(COc2ccc(Br)cc2)c1. The topological polar surface area (TPSA) is 56.2 Å². The van der Waals surface area contributed by atoms with E-state index in [2.05, 4.69) is 26.3 Å². The Bertz CT molecular complexity index is 1240. The van der Waals surface area contributed by atoms with E-state index in [0.717, 1.165) is 21.3 Å². The van der Waals surface area contributed by atoms with Gasteiger partial charge in [-0.1, -0.05) is 57.3 Å². The lowest BCUT2D eigenvalue weighted by atomic mass is 10.1. The Morgan fingerprint density at radius 1 is 1.03 bits per heavy atom. The van der Waals surface area contributed by atoms with E-state index in [0.29, 0.717) is 34.6 Å². The number of carbonyl (C=O) groups is 1. The van der Waals surface area contributed by atoms with Crippen molar-refractivity contribution in [1.29, 1.82) is 0 Å². The number of hydrogen-bond donors (Lipinski definition) is 1. The van der Waals surface area contributed by atoms with E-state index in [-0.39, 0.29) is 5.91 Å². The van der Waals surface area contributed by atoms with Gasteiger partial charge in [-0.15, -0.1) is 0 Å². The first kappa shape index (κ1) is 22.4. The number of ether oxygens (including phenoxy) is 1. The van der Waals surface area contributed by atoms with E-state index in [1.54, 1.807) is 41.2 Å². The third kappa shape index (κ3) is 5.91. The second kappa shape index (κ2) is 10.2. The summed E-state index contributed by atoms with van der Waals surface area (Å²) < 4.78 is 8.48. The van der Waals surface area contributed by atoms with Gasteiger partial charge < -0.3 is 10.1 Å². The number of rotatable bonds is 7. The molecule has 0 aliphatic heterocycles. The van der Waals surface area contributed by atoms with E-state index in [4.69, 9.17) is 27.9 Å². The molecule has 0 aliphatic carbocycles. The highest BCUT2D eigenvalue weighted by Gasteiger charge is 2.10. The number of carbonyl (C=O) groups excluding carboxylic acids is 1. The lowest BCUT2D eigenvalue weighted by Gasteiger charge is -2.08. The van der Waals surface area contributed by atoms with Crippen LogP contribution in [0.4, 0.5) is 5.82 Å². The van der Waals surface area contributed by atoms with Crippen LogP contribution in [0, 0.1) is 0 Å². The molecule has 0 spiro atoms. The summed E-state index contributed by atoms with van der Waals surface area (Å²) in [6.07, 6.45) is 1.78. The summed E-state index contributed by atoms with van der Waals surface area (Å²) in [6, 6.07) is 22.0. The molecular weight excluding hydrogens is 513 g/mol. The van der Waals surface area contributed by atoms with Gasteiger partial charge in [0.05, 0.1) is 6.54 Å². The molecule has 4 aromatic rings. The lowest BCUT2D eigenvalue weighted by Crippen LogP contribution is -2.13. The normalized spacial score (nSPS) is 10.7. The smallest absolute Gasteiger partial charge is 0.256 e. The van der Waals surface area contributed by atoms with Crippen molar-refractivity contribution in [3.05, 3.63) is 110 Å². The summed E-state index contributed by atoms with van der Waals surface area (Å²) in [5.41, 5.74) is 2.30. The lowest BCUT2D eigenvalue weighted by molar-refractivity contribution is 0.102. The number of hydrogen-bond acceptors (Lipinski definition) is 3. The molecule has 8 heteroatoms. The molecule has 3 aromatic carbocycles. The molecule has 5 nitrogen and oxygen atoms in total. The predicted molar refractivity (Wildman–Crippen MR) is 131 cm³/mol. The number of halogens is 3. The third-order valence-corrected chi connectivity index (χ3v) is 5.75. The third-order valence-electron chi connectivity index (χ3n) is 4.64. The van der Waals surface area contributed by atoms with Crippen molar-refractivity contribution >= 4 is 50.9 Å². The van der Waals surface area contributed by atoms with Gasteiger partial charge in [-0.3, -0.25) is 9.48 Å². The Balaban J connectivity index is 1.37. The monoisotopic (exact) mass is 529 g/mol.